The maximum Gasteiger partial charge on any atom is 0.326 e. The van der Waals surface area contributed by atoms with E-state index in [9.17, 15) is 24.3 Å². The summed E-state index contributed by atoms with van der Waals surface area (Å²) in [6, 6.07) is 5.14. The molecule has 2 aromatic rings. The Labute approximate surface area is 178 Å². The van der Waals surface area contributed by atoms with E-state index in [1.807, 2.05) is 24.3 Å². The zero-order chi connectivity index (χ0) is 23.0. The molecule has 10 heteroatoms. The Balaban J connectivity index is 2.20. The molecule has 0 aliphatic rings. The number of hydrogen-bond acceptors (Lipinski definition) is 4. The molecule has 2 atom stereocenters. The number of carboxylic acid groups (broad SMARTS) is 1. The lowest BCUT2D eigenvalue weighted by Crippen LogP contribution is -2.53. The van der Waals surface area contributed by atoms with Gasteiger partial charge in [-0.05, 0) is 18.1 Å². The number of rotatable bonds is 11. The number of amides is 2. The second-order valence-electron chi connectivity index (χ2n) is 7.43. The molecule has 0 bridgehead atoms. The predicted octanol–water partition coefficient (Wildman–Crippen LogP) is 1.07. The van der Waals surface area contributed by atoms with Gasteiger partial charge in [0.1, 0.15) is 12.1 Å². The first-order valence-corrected chi connectivity index (χ1v) is 9.81. The molecular weight excluding hydrogens is 402 g/mol. The normalized spacial score (nSPS) is 12.6. The third-order valence-corrected chi connectivity index (χ3v) is 4.75. The third kappa shape index (κ3) is 6.61. The maximum absolute atomic E-state index is 12.9. The number of benzene rings is 1. The van der Waals surface area contributed by atoms with E-state index in [0.29, 0.717) is 6.21 Å². The van der Waals surface area contributed by atoms with Gasteiger partial charge >= 0.3 is 12.2 Å². The summed E-state index contributed by atoms with van der Waals surface area (Å²) in [5, 5.41) is 15.4. The van der Waals surface area contributed by atoms with E-state index in [1.54, 1.807) is 20.0 Å². The predicted molar refractivity (Wildman–Crippen MR) is 112 cm³/mol. The van der Waals surface area contributed by atoms with Crippen LogP contribution in [0.15, 0.2) is 30.5 Å². The first-order valence-electron chi connectivity index (χ1n) is 9.81. The second kappa shape index (κ2) is 10.8. The summed E-state index contributed by atoms with van der Waals surface area (Å²) in [5.74, 6) is -3.28. The Morgan fingerprint density at radius 1 is 1.13 bits per heavy atom. The van der Waals surface area contributed by atoms with E-state index in [0.717, 1.165) is 16.5 Å². The molecule has 0 saturated carbocycles. The zero-order valence-electron chi connectivity index (χ0n) is 17.3. The van der Waals surface area contributed by atoms with Crippen molar-refractivity contribution in [3.63, 3.8) is 0 Å². The number of aromatic nitrogens is 1. The minimum Gasteiger partial charge on any atom is -0.480 e. The summed E-state index contributed by atoms with van der Waals surface area (Å²) in [7, 11) is 0. The maximum atomic E-state index is 12.9. The molecule has 0 aliphatic heterocycles. The van der Waals surface area contributed by atoms with Crippen LogP contribution in [-0.2, 0) is 25.6 Å². The van der Waals surface area contributed by atoms with E-state index in [4.69, 9.17) is 5.53 Å². The smallest absolute Gasteiger partial charge is 0.326 e. The number of nitrogens with zero attached hydrogens (tertiary/aromatic N) is 2. The minimum atomic E-state index is -1.34. The third-order valence-electron chi connectivity index (χ3n) is 4.75. The van der Waals surface area contributed by atoms with Gasteiger partial charge in [0, 0.05) is 35.9 Å². The Morgan fingerprint density at radius 3 is 2.45 bits per heavy atom. The first kappa shape index (κ1) is 23.5. The summed E-state index contributed by atoms with van der Waals surface area (Å²) in [5.41, 5.74) is 10.0. The Bertz CT molecular complexity index is 1020. The molecule has 0 radical (unpaired) electrons. The monoisotopic (exact) mass is 427 g/mol. The zero-order valence-corrected chi connectivity index (χ0v) is 17.3. The lowest BCUT2D eigenvalue weighted by Gasteiger charge is -2.22. The fourth-order valence-electron chi connectivity index (χ4n) is 3.01. The number of carboxylic acids is 1. The van der Waals surface area contributed by atoms with Crippen molar-refractivity contribution < 1.29 is 29.1 Å². The average molecular weight is 427 g/mol. The van der Waals surface area contributed by atoms with Crippen LogP contribution < -0.4 is 10.6 Å². The minimum absolute atomic E-state index is 0.150. The van der Waals surface area contributed by atoms with E-state index >= 15 is 0 Å². The molecule has 4 N–H and O–H groups in total. The summed E-state index contributed by atoms with van der Waals surface area (Å²) in [4.78, 5) is 53.9. The van der Waals surface area contributed by atoms with Gasteiger partial charge in [0.05, 0.1) is 0 Å². The lowest BCUT2D eigenvalue weighted by molar-refractivity contribution is -0.142. The average Bonchev–Trinajstić information content (AvgIpc) is 3.13. The molecule has 0 spiro atoms. The van der Waals surface area contributed by atoms with Gasteiger partial charge in [0.2, 0.25) is 17.6 Å². The van der Waals surface area contributed by atoms with Gasteiger partial charge in [-0.15, -0.1) is 0 Å². The van der Waals surface area contributed by atoms with Crippen molar-refractivity contribution >= 4 is 40.7 Å². The van der Waals surface area contributed by atoms with Crippen LogP contribution >= 0.6 is 0 Å². The number of aliphatic carboxylic acids is 1. The highest BCUT2D eigenvalue weighted by atomic mass is 16.4. The Morgan fingerprint density at radius 2 is 1.81 bits per heavy atom. The van der Waals surface area contributed by atoms with Crippen molar-refractivity contribution in [1.82, 2.24) is 15.6 Å². The van der Waals surface area contributed by atoms with E-state index in [-0.39, 0.29) is 31.1 Å². The molecule has 0 aliphatic carbocycles. The van der Waals surface area contributed by atoms with E-state index < -0.39 is 29.7 Å². The van der Waals surface area contributed by atoms with Gasteiger partial charge in [-0.1, -0.05) is 32.0 Å². The largest absolute Gasteiger partial charge is 0.480 e. The fourth-order valence-corrected chi connectivity index (χ4v) is 3.01. The van der Waals surface area contributed by atoms with Crippen LogP contribution in [0.25, 0.3) is 16.4 Å². The van der Waals surface area contributed by atoms with Crippen LogP contribution in [0.1, 0.15) is 32.3 Å². The quantitative estimate of drug-likeness (QED) is 0.239. The number of para-hydroxylation sites is 1. The van der Waals surface area contributed by atoms with E-state index in [2.05, 4.69) is 20.4 Å². The SMILES string of the molecule is CC(C)C(=O)N[C@@H](Cc1c[nH]c2ccccc12)C(=O)N[C@@H](CCC(=O)C=[N+]=[N-])C(=O)O. The van der Waals surface area contributed by atoms with Crippen molar-refractivity contribution in [2.24, 2.45) is 5.92 Å². The Kier molecular flexibility index (Phi) is 8.22. The van der Waals surface area contributed by atoms with Gasteiger partial charge < -0.3 is 26.3 Å². The summed E-state index contributed by atoms with van der Waals surface area (Å²) in [6.45, 7) is 3.37. The molecule has 0 saturated heterocycles. The molecule has 0 unspecified atom stereocenters. The second-order valence-corrected chi connectivity index (χ2v) is 7.43. The summed E-state index contributed by atoms with van der Waals surface area (Å²) in [6.07, 6.45) is 2.14. The van der Waals surface area contributed by atoms with Crippen molar-refractivity contribution in [1.29, 1.82) is 0 Å². The number of carbonyl (C=O) groups excluding carboxylic acids is 3. The van der Waals surface area contributed by atoms with Crippen LogP contribution in [0.4, 0.5) is 0 Å². The van der Waals surface area contributed by atoms with Gasteiger partial charge in [0.25, 0.3) is 0 Å². The molecule has 1 aromatic carbocycles. The van der Waals surface area contributed by atoms with Gasteiger partial charge in [-0.25, -0.2) is 4.79 Å². The van der Waals surface area contributed by atoms with Crippen molar-refractivity contribution in [2.75, 3.05) is 0 Å². The van der Waals surface area contributed by atoms with Crippen LogP contribution in [0.2, 0.25) is 0 Å². The van der Waals surface area contributed by atoms with Crippen molar-refractivity contribution in [3.05, 3.63) is 41.6 Å². The number of Topliss-reactive ketones (excluding diaryl/α,β-unsaturated/α-hetero) is 1. The molecule has 1 heterocycles. The molecular formula is C21H25N5O5. The number of H-pyrrole nitrogens is 1. The highest BCUT2D eigenvalue weighted by molar-refractivity contribution is 6.25. The number of fused-ring (bicyclic) bond motifs is 1. The molecule has 2 amide bonds. The number of hydrogen-bond donors (Lipinski definition) is 4. The molecule has 10 nitrogen and oxygen atoms in total. The number of aromatic amines is 1. The van der Waals surface area contributed by atoms with Gasteiger partial charge in [0.15, 0.2) is 0 Å². The van der Waals surface area contributed by atoms with Crippen molar-refractivity contribution in [3.8, 4) is 0 Å². The summed E-state index contributed by atoms with van der Waals surface area (Å²) >= 11 is 0. The topological polar surface area (TPSA) is 165 Å². The standard InChI is InChI=1S/C21H25N5O5/c1-12(2)19(28)26-18(9-13-10-23-16-6-4-3-5-15(13)16)20(29)25-17(21(30)31)8-7-14(27)11-24-22/h3-6,10-12,17-18,23H,7-9H2,1-2H3,(H,25,29)(H,26,28)(H,30,31)/t17-,18-/m0/s1. The van der Waals surface area contributed by atoms with Gasteiger partial charge in [-0.2, -0.15) is 4.79 Å². The molecule has 164 valence electrons. The fraction of sp³-hybridized carbons (Fsp3) is 0.381. The molecule has 31 heavy (non-hydrogen) atoms. The number of carbonyl (C=O) groups is 4. The highest BCUT2D eigenvalue weighted by Gasteiger charge is 2.28. The van der Waals surface area contributed by atoms with Crippen LogP contribution in [-0.4, -0.2) is 56.7 Å². The molecule has 2 rings (SSSR count). The van der Waals surface area contributed by atoms with Gasteiger partial charge in [-0.3, -0.25) is 14.4 Å². The number of ketones is 1. The van der Waals surface area contributed by atoms with Crippen LogP contribution in [0, 0.1) is 5.92 Å². The van der Waals surface area contributed by atoms with Crippen LogP contribution in [0.5, 0.6) is 0 Å². The lowest BCUT2D eigenvalue weighted by atomic mass is 10.0. The summed E-state index contributed by atoms with van der Waals surface area (Å²) < 4.78 is 0. The first-order chi connectivity index (χ1) is 14.7. The van der Waals surface area contributed by atoms with E-state index in [1.165, 1.54) is 0 Å². The Hall–Kier alpha value is -3.78. The van der Waals surface area contributed by atoms with Crippen LogP contribution in [0.3, 0.4) is 0 Å². The molecule has 1 aromatic heterocycles. The number of nitrogens with one attached hydrogen (secondary N) is 3. The van der Waals surface area contributed by atoms with Crippen molar-refractivity contribution in [2.45, 2.75) is 45.2 Å². The highest BCUT2D eigenvalue weighted by Crippen LogP contribution is 2.19. The molecule has 0 fully saturated rings.